The van der Waals surface area contributed by atoms with Crippen molar-refractivity contribution in [2.45, 2.75) is 11.8 Å². The number of benzene rings is 2. The molecule has 0 unspecified atom stereocenters. The third kappa shape index (κ3) is 4.86. The zero-order valence-corrected chi connectivity index (χ0v) is 17.4. The van der Waals surface area contributed by atoms with E-state index in [4.69, 9.17) is 0 Å². The van der Waals surface area contributed by atoms with Crippen LogP contribution >= 0.6 is 11.8 Å². The van der Waals surface area contributed by atoms with Crippen LogP contribution in [0.4, 0.5) is 11.4 Å². The number of thioether (sulfide) groups is 1. The molecular weight excluding hydrogens is 384 g/mol. The zero-order valence-electron chi connectivity index (χ0n) is 16.6. The van der Waals surface area contributed by atoms with Crippen LogP contribution in [0.1, 0.15) is 5.56 Å². The third-order valence-corrected chi connectivity index (χ3v) is 5.74. The lowest BCUT2D eigenvalue weighted by Crippen LogP contribution is -2.34. The number of likely N-dealkylation sites (N-methyl/N-ethyl adjacent to an activating group) is 1. The van der Waals surface area contributed by atoms with Gasteiger partial charge in [0, 0.05) is 17.6 Å². The Labute approximate surface area is 174 Å². The summed E-state index contributed by atoms with van der Waals surface area (Å²) in [6, 6.07) is 17.3. The van der Waals surface area contributed by atoms with Crippen molar-refractivity contribution in [2.75, 3.05) is 37.4 Å². The minimum absolute atomic E-state index is 0.0154. The molecule has 2 aromatic rings. The van der Waals surface area contributed by atoms with Crippen LogP contribution in [0.3, 0.4) is 0 Å². The van der Waals surface area contributed by atoms with Crippen LogP contribution in [0.2, 0.25) is 0 Å². The van der Waals surface area contributed by atoms with Gasteiger partial charge in [-0.3, -0.25) is 14.5 Å². The van der Waals surface area contributed by atoms with E-state index in [0.717, 1.165) is 16.1 Å². The second-order valence-corrected chi connectivity index (χ2v) is 7.96. The van der Waals surface area contributed by atoms with Crippen LogP contribution in [-0.2, 0) is 9.59 Å². The quantitative estimate of drug-likeness (QED) is 0.585. The summed E-state index contributed by atoms with van der Waals surface area (Å²) in [6.07, 6.45) is 0. The maximum absolute atomic E-state index is 12.8. The number of anilines is 2. The second kappa shape index (κ2) is 8.95. The van der Waals surface area contributed by atoms with E-state index in [9.17, 15) is 14.9 Å². The molecule has 7 heteroatoms. The van der Waals surface area contributed by atoms with Crippen molar-refractivity contribution in [3.8, 4) is 6.07 Å². The number of nitriles is 1. The normalized spacial score (nSPS) is 14.4. The Morgan fingerprint density at radius 2 is 1.83 bits per heavy atom. The molecule has 1 aliphatic rings. The van der Waals surface area contributed by atoms with Gasteiger partial charge in [0.05, 0.1) is 18.8 Å². The van der Waals surface area contributed by atoms with Gasteiger partial charge in [-0.2, -0.15) is 5.26 Å². The largest absolute Gasteiger partial charge is 0.337 e. The number of hydrogen-bond acceptors (Lipinski definition) is 6. The van der Waals surface area contributed by atoms with Crippen molar-refractivity contribution >= 4 is 34.8 Å². The molecule has 0 atom stereocenters. The van der Waals surface area contributed by atoms with Crippen molar-refractivity contribution in [1.29, 1.82) is 5.26 Å². The maximum atomic E-state index is 12.8. The van der Waals surface area contributed by atoms with Crippen molar-refractivity contribution in [3.63, 3.8) is 0 Å². The van der Waals surface area contributed by atoms with E-state index < -0.39 is 0 Å². The highest BCUT2D eigenvalue weighted by Gasteiger charge is 2.28. The number of amides is 1. The Hall–Kier alpha value is -3.08. The topological polar surface area (TPSA) is 76.4 Å². The number of hydrogen-bond donors (Lipinski definition) is 1. The summed E-state index contributed by atoms with van der Waals surface area (Å²) in [7, 11) is 3.53. The Morgan fingerprint density at radius 1 is 1.14 bits per heavy atom. The molecule has 0 saturated carbocycles. The van der Waals surface area contributed by atoms with Gasteiger partial charge >= 0.3 is 0 Å². The van der Waals surface area contributed by atoms with E-state index in [1.807, 2.05) is 67.4 Å². The molecule has 29 heavy (non-hydrogen) atoms. The monoisotopic (exact) mass is 406 g/mol. The molecule has 0 bridgehead atoms. The van der Waals surface area contributed by atoms with E-state index in [-0.39, 0.29) is 30.4 Å². The van der Waals surface area contributed by atoms with E-state index in [1.54, 1.807) is 11.9 Å². The molecule has 1 amide bonds. The molecule has 1 aliphatic heterocycles. The summed E-state index contributed by atoms with van der Waals surface area (Å²) in [5, 5.41) is 13.0. The van der Waals surface area contributed by atoms with Gasteiger partial charge in [-0.15, -0.1) is 0 Å². The highest BCUT2D eigenvalue weighted by molar-refractivity contribution is 8.03. The molecule has 0 radical (unpaired) electrons. The summed E-state index contributed by atoms with van der Waals surface area (Å²) in [6.45, 7) is 2.01. The van der Waals surface area contributed by atoms with Crippen molar-refractivity contribution in [3.05, 3.63) is 64.7 Å². The standard InChI is InChI=1S/C22H22N4O2S/c1-15-8-10-16(11-9-15)24-21(28)14-25(2)13-19(27)17(12-23)22-26(3)18-6-4-5-7-20(18)29-22/h4-11H,13-14H2,1-3H3,(H,24,28)/b22-17-. The molecule has 0 fully saturated rings. The molecule has 0 aromatic heterocycles. The summed E-state index contributed by atoms with van der Waals surface area (Å²) in [5.41, 5.74) is 2.90. The van der Waals surface area contributed by atoms with Gasteiger partial charge in [-0.05, 0) is 38.2 Å². The third-order valence-electron chi connectivity index (χ3n) is 4.50. The van der Waals surface area contributed by atoms with Crippen molar-refractivity contribution in [2.24, 2.45) is 0 Å². The average Bonchev–Trinajstić information content (AvgIpc) is 3.01. The lowest BCUT2D eigenvalue weighted by atomic mass is 10.2. The van der Waals surface area contributed by atoms with Crippen LogP contribution in [-0.4, -0.2) is 43.8 Å². The molecule has 0 spiro atoms. The number of carbonyl (C=O) groups is 2. The van der Waals surface area contributed by atoms with Crippen molar-refractivity contribution < 1.29 is 9.59 Å². The first-order valence-corrected chi connectivity index (χ1v) is 9.94. The Bertz CT molecular complexity index is 1010. The number of aryl methyl sites for hydroxylation is 1. The Balaban J connectivity index is 1.63. The molecule has 2 aromatic carbocycles. The smallest absolute Gasteiger partial charge is 0.238 e. The van der Waals surface area contributed by atoms with E-state index in [0.29, 0.717) is 10.7 Å². The highest BCUT2D eigenvalue weighted by atomic mass is 32.2. The predicted octanol–water partition coefficient (Wildman–Crippen LogP) is 3.41. The van der Waals surface area contributed by atoms with Crippen LogP contribution < -0.4 is 10.2 Å². The van der Waals surface area contributed by atoms with Gasteiger partial charge in [0.25, 0.3) is 0 Å². The first-order chi connectivity index (χ1) is 13.9. The predicted molar refractivity (Wildman–Crippen MR) is 116 cm³/mol. The number of carbonyl (C=O) groups excluding carboxylic acids is 2. The van der Waals surface area contributed by atoms with Crippen molar-refractivity contribution in [1.82, 2.24) is 4.90 Å². The van der Waals surface area contributed by atoms with Gasteiger partial charge in [0.15, 0.2) is 5.78 Å². The number of nitrogens with zero attached hydrogens (tertiary/aromatic N) is 3. The van der Waals surface area contributed by atoms with Gasteiger partial charge in [0.1, 0.15) is 16.7 Å². The zero-order chi connectivity index (χ0) is 21.0. The van der Waals surface area contributed by atoms with Crippen LogP contribution in [0.15, 0.2) is 64.0 Å². The molecule has 3 rings (SSSR count). The average molecular weight is 407 g/mol. The number of rotatable bonds is 6. The van der Waals surface area contributed by atoms with Crippen LogP contribution in [0.25, 0.3) is 0 Å². The highest BCUT2D eigenvalue weighted by Crippen LogP contribution is 2.46. The lowest BCUT2D eigenvalue weighted by Gasteiger charge is -2.18. The summed E-state index contributed by atoms with van der Waals surface area (Å²) in [4.78, 5) is 29.5. The molecular formula is C22H22N4O2S. The van der Waals surface area contributed by atoms with Crippen LogP contribution in [0.5, 0.6) is 0 Å². The summed E-state index contributed by atoms with van der Waals surface area (Å²) >= 11 is 1.41. The van der Waals surface area contributed by atoms with E-state index in [1.165, 1.54) is 11.8 Å². The van der Waals surface area contributed by atoms with Crippen LogP contribution in [0, 0.1) is 18.3 Å². The SMILES string of the molecule is Cc1ccc(NC(=O)CN(C)CC(=O)/C(C#N)=C2\Sc3ccccc3N2C)cc1. The Morgan fingerprint density at radius 3 is 2.48 bits per heavy atom. The first-order valence-electron chi connectivity index (χ1n) is 9.12. The molecule has 0 aliphatic carbocycles. The number of nitrogens with one attached hydrogen (secondary N) is 1. The van der Waals surface area contributed by atoms with E-state index in [2.05, 4.69) is 11.4 Å². The number of ketones is 1. The second-order valence-electron chi connectivity index (χ2n) is 6.93. The maximum Gasteiger partial charge on any atom is 0.238 e. The van der Waals surface area contributed by atoms with E-state index >= 15 is 0 Å². The fourth-order valence-electron chi connectivity index (χ4n) is 3.01. The minimum atomic E-state index is -0.305. The molecule has 148 valence electrons. The fraction of sp³-hybridized carbons (Fsp3) is 0.227. The number of fused-ring (bicyclic) bond motifs is 1. The molecule has 1 heterocycles. The van der Waals surface area contributed by atoms with Gasteiger partial charge < -0.3 is 10.2 Å². The summed E-state index contributed by atoms with van der Waals surface area (Å²) in [5.74, 6) is -0.518. The Kier molecular flexibility index (Phi) is 6.37. The van der Waals surface area contributed by atoms with Gasteiger partial charge in [0.2, 0.25) is 5.91 Å². The first kappa shape index (κ1) is 20.6. The number of para-hydroxylation sites is 1. The minimum Gasteiger partial charge on any atom is -0.337 e. The van der Waals surface area contributed by atoms with Gasteiger partial charge in [-0.1, -0.05) is 41.6 Å². The number of Topliss-reactive ketones (excluding diaryl/α,β-unsaturated/α-hetero) is 1. The lowest BCUT2D eigenvalue weighted by molar-refractivity contribution is -0.119. The van der Waals surface area contributed by atoms with Gasteiger partial charge in [-0.25, -0.2) is 0 Å². The molecule has 6 nitrogen and oxygen atoms in total. The fourth-order valence-corrected chi connectivity index (χ4v) is 4.17. The molecule has 1 N–H and O–H groups in total. The summed E-state index contributed by atoms with van der Waals surface area (Å²) < 4.78 is 0. The molecule has 0 saturated heterocycles.